The fourth-order valence-electron chi connectivity index (χ4n) is 1.49. The van der Waals surface area contributed by atoms with E-state index in [1.807, 2.05) is 18.2 Å². The van der Waals surface area contributed by atoms with E-state index >= 15 is 0 Å². The lowest BCUT2D eigenvalue weighted by Crippen LogP contribution is -2.14. The van der Waals surface area contributed by atoms with E-state index in [1.165, 1.54) is 0 Å². The number of rotatable bonds is 4. The van der Waals surface area contributed by atoms with Crippen molar-refractivity contribution in [2.24, 2.45) is 0 Å². The minimum absolute atomic E-state index is 0.737. The molecule has 2 aromatic rings. The maximum atomic E-state index is 5.74. The zero-order chi connectivity index (χ0) is 12.3. The van der Waals surface area contributed by atoms with Crippen molar-refractivity contribution in [2.45, 2.75) is 5.03 Å². The standard InChI is InChI=1S/C12H16N4S/c1-16(2)5-6-17-12-10-4-3-9(13)7-11(10)14-8-15-12/h3-4,7-8H,5-6,13H2,1-2H3. The molecule has 0 fully saturated rings. The largest absolute Gasteiger partial charge is 0.399 e. The number of nitrogens with two attached hydrogens (primary N) is 1. The lowest BCUT2D eigenvalue weighted by Gasteiger charge is -2.09. The van der Waals surface area contributed by atoms with Crippen molar-refractivity contribution in [1.29, 1.82) is 0 Å². The molecule has 4 nitrogen and oxygen atoms in total. The molecule has 2 N–H and O–H groups in total. The second-order valence-electron chi connectivity index (χ2n) is 4.11. The summed E-state index contributed by atoms with van der Waals surface area (Å²) >= 11 is 1.75. The van der Waals surface area contributed by atoms with Gasteiger partial charge in [-0.15, -0.1) is 11.8 Å². The highest BCUT2D eigenvalue weighted by atomic mass is 32.2. The van der Waals surface area contributed by atoms with Gasteiger partial charge in [0.1, 0.15) is 11.4 Å². The molecule has 90 valence electrons. The van der Waals surface area contributed by atoms with Crippen LogP contribution in [-0.2, 0) is 0 Å². The molecule has 2 rings (SSSR count). The summed E-state index contributed by atoms with van der Waals surface area (Å²) in [5.74, 6) is 1.02. The second kappa shape index (κ2) is 5.33. The van der Waals surface area contributed by atoms with Gasteiger partial charge in [0.15, 0.2) is 0 Å². The first-order valence-electron chi connectivity index (χ1n) is 5.44. The van der Waals surface area contributed by atoms with E-state index in [0.29, 0.717) is 0 Å². The van der Waals surface area contributed by atoms with Gasteiger partial charge in [-0.2, -0.15) is 0 Å². The Balaban J connectivity index is 2.22. The molecular weight excluding hydrogens is 232 g/mol. The molecule has 1 aromatic heterocycles. The lowest BCUT2D eigenvalue weighted by molar-refractivity contribution is 0.437. The first kappa shape index (κ1) is 12.1. The normalized spacial score (nSPS) is 11.2. The summed E-state index contributed by atoms with van der Waals surface area (Å²) < 4.78 is 0. The molecule has 0 aliphatic carbocycles. The van der Waals surface area contributed by atoms with Crippen molar-refractivity contribution < 1.29 is 0 Å². The van der Waals surface area contributed by atoms with Gasteiger partial charge in [-0.3, -0.25) is 0 Å². The summed E-state index contributed by atoms with van der Waals surface area (Å²) in [4.78, 5) is 10.7. The maximum Gasteiger partial charge on any atom is 0.117 e. The monoisotopic (exact) mass is 248 g/mol. The van der Waals surface area contributed by atoms with Gasteiger partial charge in [0.2, 0.25) is 0 Å². The molecule has 17 heavy (non-hydrogen) atoms. The third-order valence-electron chi connectivity index (χ3n) is 2.40. The van der Waals surface area contributed by atoms with Gasteiger partial charge < -0.3 is 10.6 Å². The highest BCUT2D eigenvalue weighted by molar-refractivity contribution is 7.99. The summed E-state index contributed by atoms with van der Waals surface area (Å²) in [6.07, 6.45) is 1.60. The smallest absolute Gasteiger partial charge is 0.117 e. The van der Waals surface area contributed by atoms with Crippen LogP contribution in [0.3, 0.4) is 0 Å². The molecule has 1 aromatic carbocycles. The molecule has 0 bridgehead atoms. The van der Waals surface area contributed by atoms with E-state index < -0.39 is 0 Å². The Labute approximate surface area is 105 Å². The molecular formula is C12H16N4S. The molecule has 1 heterocycles. The molecule has 0 saturated carbocycles. The third kappa shape index (κ3) is 3.08. The number of nitrogens with zero attached hydrogens (tertiary/aromatic N) is 3. The molecule has 0 unspecified atom stereocenters. The van der Waals surface area contributed by atoms with E-state index in [-0.39, 0.29) is 0 Å². The van der Waals surface area contributed by atoms with Crippen molar-refractivity contribution >= 4 is 28.4 Å². The predicted molar refractivity (Wildman–Crippen MR) is 73.2 cm³/mol. The summed E-state index contributed by atoms with van der Waals surface area (Å²) in [5, 5.41) is 2.10. The second-order valence-corrected chi connectivity index (χ2v) is 5.19. The zero-order valence-electron chi connectivity index (χ0n) is 10.1. The summed E-state index contributed by atoms with van der Waals surface area (Å²) in [6.45, 7) is 1.03. The average Bonchev–Trinajstić information content (AvgIpc) is 2.28. The Morgan fingerprint density at radius 1 is 1.29 bits per heavy atom. The number of thioether (sulfide) groups is 1. The first-order valence-corrected chi connectivity index (χ1v) is 6.43. The number of fused-ring (bicyclic) bond motifs is 1. The number of hydrogen-bond donors (Lipinski definition) is 1. The number of nitrogen functional groups attached to an aromatic ring is 1. The number of benzene rings is 1. The molecule has 0 radical (unpaired) electrons. The Morgan fingerprint density at radius 3 is 2.88 bits per heavy atom. The summed E-state index contributed by atoms with van der Waals surface area (Å²) in [7, 11) is 4.14. The van der Waals surface area contributed by atoms with E-state index in [0.717, 1.165) is 33.9 Å². The van der Waals surface area contributed by atoms with Crippen LogP contribution < -0.4 is 5.73 Å². The number of anilines is 1. The molecule has 0 aliphatic heterocycles. The van der Waals surface area contributed by atoms with Crippen LogP contribution in [0.15, 0.2) is 29.6 Å². The van der Waals surface area contributed by atoms with Crippen LogP contribution in [0.1, 0.15) is 0 Å². The van der Waals surface area contributed by atoms with Crippen molar-refractivity contribution in [3.63, 3.8) is 0 Å². The number of hydrogen-bond acceptors (Lipinski definition) is 5. The van der Waals surface area contributed by atoms with Crippen LogP contribution in [0.2, 0.25) is 0 Å². The van der Waals surface area contributed by atoms with E-state index in [1.54, 1.807) is 18.1 Å². The van der Waals surface area contributed by atoms with Gasteiger partial charge in [0.25, 0.3) is 0 Å². The lowest BCUT2D eigenvalue weighted by atomic mass is 10.2. The highest BCUT2D eigenvalue weighted by Gasteiger charge is 2.04. The Kier molecular flexibility index (Phi) is 3.81. The topological polar surface area (TPSA) is 55.0 Å². The van der Waals surface area contributed by atoms with Gasteiger partial charge in [0.05, 0.1) is 5.52 Å². The molecule has 0 spiro atoms. The van der Waals surface area contributed by atoms with Crippen LogP contribution >= 0.6 is 11.8 Å². The fraction of sp³-hybridized carbons (Fsp3) is 0.333. The minimum Gasteiger partial charge on any atom is -0.399 e. The van der Waals surface area contributed by atoms with Gasteiger partial charge >= 0.3 is 0 Å². The maximum absolute atomic E-state index is 5.74. The Hall–Kier alpha value is -1.33. The van der Waals surface area contributed by atoms with Gasteiger partial charge in [-0.1, -0.05) is 0 Å². The number of aromatic nitrogens is 2. The quantitative estimate of drug-likeness (QED) is 0.508. The molecule has 0 atom stereocenters. The summed E-state index contributed by atoms with van der Waals surface area (Å²) in [6, 6.07) is 5.76. The van der Waals surface area contributed by atoms with E-state index in [9.17, 15) is 0 Å². The van der Waals surface area contributed by atoms with Crippen molar-refractivity contribution in [2.75, 3.05) is 32.1 Å². The van der Waals surface area contributed by atoms with Crippen molar-refractivity contribution in [3.05, 3.63) is 24.5 Å². The van der Waals surface area contributed by atoms with Crippen molar-refractivity contribution in [3.8, 4) is 0 Å². The van der Waals surface area contributed by atoms with Gasteiger partial charge in [0, 0.05) is 23.4 Å². The van der Waals surface area contributed by atoms with Crippen molar-refractivity contribution in [1.82, 2.24) is 14.9 Å². The van der Waals surface area contributed by atoms with E-state index in [4.69, 9.17) is 5.73 Å². The predicted octanol–water partition coefficient (Wildman–Crippen LogP) is 1.87. The SMILES string of the molecule is CN(C)CCSc1ncnc2cc(N)ccc12. The molecule has 0 aliphatic rings. The highest BCUT2D eigenvalue weighted by Crippen LogP contribution is 2.25. The molecule has 0 amide bonds. The molecule has 5 heteroatoms. The molecule has 0 saturated heterocycles. The van der Waals surface area contributed by atoms with Gasteiger partial charge in [-0.05, 0) is 32.3 Å². The fourth-order valence-corrected chi connectivity index (χ4v) is 2.59. The van der Waals surface area contributed by atoms with Gasteiger partial charge in [-0.25, -0.2) is 9.97 Å². The Morgan fingerprint density at radius 2 is 2.12 bits per heavy atom. The zero-order valence-corrected chi connectivity index (χ0v) is 10.9. The van der Waals surface area contributed by atoms with Crippen LogP contribution in [-0.4, -0.2) is 41.3 Å². The van der Waals surface area contributed by atoms with Crippen LogP contribution in [0.5, 0.6) is 0 Å². The van der Waals surface area contributed by atoms with Crippen LogP contribution in [0.4, 0.5) is 5.69 Å². The average molecular weight is 248 g/mol. The first-order chi connectivity index (χ1) is 8.16. The minimum atomic E-state index is 0.737. The Bertz CT molecular complexity index is 513. The van der Waals surface area contributed by atoms with Crippen LogP contribution in [0, 0.1) is 0 Å². The third-order valence-corrected chi connectivity index (χ3v) is 3.39. The summed E-state index contributed by atoms with van der Waals surface area (Å²) in [5.41, 5.74) is 7.39. The van der Waals surface area contributed by atoms with E-state index in [2.05, 4.69) is 29.0 Å². The van der Waals surface area contributed by atoms with Crippen LogP contribution in [0.25, 0.3) is 10.9 Å².